The van der Waals surface area contributed by atoms with Crippen molar-refractivity contribution in [2.24, 2.45) is 0 Å². The number of rotatable bonds is 14. The first kappa shape index (κ1) is 25.5. The van der Waals surface area contributed by atoms with Crippen LogP contribution in [0, 0.1) is 0 Å². The topological polar surface area (TPSA) is 97.4 Å². The summed E-state index contributed by atoms with van der Waals surface area (Å²) in [7, 11) is -3.90. The lowest BCUT2D eigenvalue weighted by Crippen LogP contribution is -2.30. The lowest BCUT2D eigenvalue weighted by molar-refractivity contribution is -0.161. The minimum atomic E-state index is -3.90. The van der Waals surface area contributed by atoms with Crippen LogP contribution in [0.15, 0.2) is 24.3 Å². The van der Waals surface area contributed by atoms with Crippen LogP contribution in [0.4, 0.5) is 0 Å². The predicted molar refractivity (Wildman–Crippen MR) is 115 cm³/mol. The lowest BCUT2D eigenvalue weighted by Gasteiger charge is -2.24. The van der Waals surface area contributed by atoms with E-state index in [2.05, 4.69) is 0 Å². The summed E-state index contributed by atoms with van der Waals surface area (Å²) in [6.07, 6.45) is 1.73. The van der Waals surface area contributed by atoms with Gasteiger partial charge >= 0.3 is 19.8 Å². The largest absolute Gasteiger partial charge is 0.475 e. The van der Waals surface area contributed by atoms with E-state index in [9.17, 15) is 14.2 Å². The van der Waals surface area contributed by atoms with E-state index in [1.165, 1.54) is 0 Å². The Labute approximate surface area is 184 Å². The number of hydrogen-bond donors (Lipinski definition) is 0. The number of phosphoric acid groups is 1. The van der Waals surface area contributed by atoms with E-state index in [-0.39, 0.29) is 38.8 Å². The summed E-state index contributed by atoms with van der Waals surface area (Å²) < 4.78 is 40.2. The number of fused-ring (bicyclic) bond motifs is 1. The molecule has 9 heteroatoms. The van der Waals surface area contributed by atoms with Gasteiger partial charge in [-0.25, -0.2) is 4.57 Å². The minimum Gasteiger partial charge on any atom is -0.462 e. The van der Waals surface area contributed by atoms with Gasteiger partial charge in [0, 0.05) is 12.8 Å². The number of hydrogen-bond acceptors (Lipinski definition) is 8. The van der Waals surface area contributed by atoms with E-state index in [0.717, 1.165) is 11.1 Å². The molecule has 1 aromatic carbocycles. The van der Waals surface area contributed by atoms with Crippen LogP contribution in [0.25, 0.3) is 0 Å². The monoisotopic (exact) mass is 456 g/mol. The van der Waals surface area contributed by atoms with Crippen LogP contribution in [0.2, 0.25) is 0 Å². The second kappa shape index (κ2) is 13.0. The molecule has 0 aromatic heterocycles. The average molecular weight is 456 g/mol. The number of benzene rings is 1. The van der Waals surface area contributed by atoms with Crippen molar-refractivity contribution in [3.05, 3.63) is 35.4 Å². The Bertz CT molecular complexity index is 741. The van der Waals surface area contributed by atoms with Gasteiger partial charge in [0.15, 0.2) is 6.10 Å². The molecular weight excluding hydrogens is 423 g/mol. The van der Waals surface area contributed by atoms with Crippen LogP contribution < -0.4 is 0 Å². The first-order chi connectivity index (χ1) is 14.9. The van der Waals surface area contributed by atoms with Crippen LogP contribution in [0.1, 0.15) is 57.6 Å². The molecule has 0 saturated carbocycles. The van der Waals surface area contributed by atoms with Crippen LogP contribution in [0.3, 0.4) is 0 Å². The standard InChI is InChI=1S/C22H33O8P/c1-4-9-21(23)26-15-20(29-22(24)10-5-2)16-28-31(25,27-6-3)30-19-13-17-11-7-8-12-18(17)14-19/h7-8,11-12,19-20H,4-6,9-10,13-16H2,1-3H3. The number of esters is 2. The van der Waals surface area contributed by atoms with Gasteiger partial charge < -0.3 is 9.47 Å². The SMILES string of the molecule is CCCC(=O)OCC(COP(=O)(OCC)OC1Cc2ccccc2C1)OC(=O)CCC. The van der Waals surface area contributed by atoms with Crippen molar-refractivity contribution < 1.29 is 37.2 Å². The predicted octanol–water partition coefficient (Wildman–Crippen LogP) is 4.39. The highest BCUT2D eigenvalue weighted by molar-refractivity contribution is 7.48. The molecule has 0 spiro atoms. The van der Waals surface area contributed by atoms with Crippen molar-refractivity contribution in [1.82, 2.24) is 0 Å². The summed E-state index contributed by atoms with van der Waals surface area (Å²) in [6.45, 7) is 5.07. The van der Waals surface area contributed by atoms with Crippen LogP contribution in [-0.2, 0) is 50.0 Å². The molecule has 31 heavy (non-hydrogen) atoms. The summed E-state index contributed by atoms with van der Waals surface area (Å²) in [5.41, 5.74) is 2.29. The Morgan fingerprint density at radius 1 is 0.968 bits per heavy atom. The smallest absolute Gasteiger partial charge is 0.462 e. The molecule has 0 aliphatic heterocycles. The zero-order valence-electron chi connectivity index (χ0n) is 18.5. The fraction of sp³-hybridized carbons (Fsp3) is 0.636. The summed E-state index contributed by atoms with van der Waals surface area (Å²) in [6, 6.07) is 7.93. The van der Waals surface area contributed by atoms with Crippen LogP contribution >= 0.6 is 7.82 Å². The van der Waals surface area contributed by atoms with Gasteiger partial charge in [0.1, 0.15) is 6.61 Å². The third kappa shape index (κ3) is 8.73. The molecule has 0 amide bonds. The molecule has 1 aromatic rings. The van der Waals surface area contributed by atoms with Crippen molar-refractivity contribution in [2.75, 3.05) is 19.8 Å². The van der Waals surface area contributed by atoms with Gasteiger partial charge in [0.2, 0.25) is 0 Å². The zero-order valence-corrected chi connectivity index (χ0v) is 19.4. The third-order valence-electron chi connectivity index (χ3n) is 4.63. The Morgan fingerprint density at radius 3 is 2.16 bits per heavy atom. The Kier molecular flexibility index (Phi) is 10.7. The molecule has 0 fully saturated rings. The van der Waals surface area contributed by atoms with Crippen molar-refractivity contribution in [1.29, 1.82) is 0 Å². The van der Waals surface area contributed by atoms with Crippen LogP contribution in [-0.4, -0.2) is 44.0 Å². The molecule has 2 atom stereocenters. The van der Waals surface area contributed by atoms with Gasteiger partial charge in [-0.15, -0.1) is 0 Å². The number of carbonyl (C=O) groups is 2. The van der Waals surface area contributed by atoms with Crippen molar-refractivity contribution in [2.45, 2.75) is 71.5 Å². The van der Waals surface area contributed by atoms with Gasteiger partial charge in [-0.1, -0.05) is 38.1 Å². The fourth-order valence-corrected chi connectivity index (χ4v) is 4.61. The molecular formula is C22H33O8P. The Morgan fingerprint density at radius 2 is 1.58 bits per heavy atom. The van der Waals surface area contributed by atoms with Gasteiger partial charge in [-0.2, -0.15) is 0 Å². The quantitative estimate of drug-likeness (QED) is 0.300. The summed E-state index contributed by atoms with van der Waals surface area (Å²) in [4.78, 5) is 23.6. The second-order valence-corrected chi connectivity index (χ2v) is 8.98. The molecule has 1 aliphatic carbocycles. The maximum atomic E-state index is 13.2. The molecule has 174 valence electrons. The highest BCUT2D eigenvalue weighted by atomic mass is 31.2. The Hall–Kier alpha value is -1.73. The van der Waals surface area contributed by atoms with Gasteiger partial charge in [0.25, 0.3) is 0 Å². The molecule has 2 rings (SSSR count). The number of phosphoric ester groups is 1. The molecule has 0 radical (unpaired) electrons. The molecule has 0 bridgehead atoms. The van der Waals surface area contributed by atoms with Crippen LogP contribution in [0.5, 0.6) is 0 Å². The number of carbonyl (C=O) groups excluding carboxylic acids is 2. The summed E-state index contributed by atoms with van der Waals surface area (Å²) in [5.74, 6) is -0.840. The summed E-state index contributed by atoms with van der Waals surface area (Å²) in [5, 5.41) is 0. The molecule has 0 heterocycles. The highest BCUT2D eigenvalue weighted by Gasteiger charge is 2.35. The molecule has 0 saturated heterocycles. The molecule has 0 N–H and O–H groups in total. The highest BCUT2D eigenvalue weighted by Crippen LogP contribution is 2.52. The third-order valence-corrected chi connectivity index (χ3v) is 6.23. The fourth-order valence-electron chi connectivity index (χ4n) is 3.23. The van der Waals surface area contributed by atoms with E-state index in [0.29, 0.717) is 25.7 Å². The lowest BCUT2D eigenvalue weighted by atomic mass is 10.1. The molecule has 1 aliphatic rings. The van der Waals surface area contributed by atoms with Gasteiger partial charge in [-0.3, -0.25) is 23.2 Å². The maximum Gasteiger partial charge on any atom is 0.475 e. The maximum absolute atomic E-state index is 13.2. The van der Waals surface area contributed by atoms with E-state index in [1.54, 1.807) is 6.92 Å². The van der Waals surface area contributed by atoms with Crippen molar-refractivity contribution in [3.63, 3.8) is 0 Å². The minimum absolute atomic E-state index is 0.128. The molecule has 8 nitrogen and oxygen atoms in total. The zero-order chi connectivity index (χ0) is 22.7. The Balaban J connectivity index is 1.97. The normalized spacial score (nSPS) is 16.4. The van der Waals surface area contributed by atoms with E-state index >= 15 is 0 Å². The van der Waals surface area contributed by atoms with Gasteiger partial charge in [-0.05, 0) is 43.7 Å². The van der Waals surface area contributed by atoms with Crippen molar-refractivity contribution in [3.8, 4) is 0 Å². The van der Waals surface area contributed by atoms with E-state index < -0.39 is 25.9 Å². The average Bonchev–Trinajstić information content (AvgIpc) is 3.12. The van der Waals surface area contributed by atoms with E-state index in [1.807, 2.05) is 38.1 Å². The van der Waals surface area contributed by atoms with Crippen molar-refractivity contribution >= 4 is 19.8 Å². The number of ether oxygens (including phenoxy) is 2. The molecule has 2 unspecified atom stereocenters. The summed E-state index contributed by atoms with van der Waals surface area (Å²) >= 11 is 0. The van der Waals surface area contributed by atoms with E-state index in [4.69, 9.17) is 23.0 Å². The second-order valence-electron chi connectivity index (χ2n) is 7.36. The first-order valence-corrected chi connectivity index (χ1v) is 12.3. The van der Waals surface area contributed by atoms with Gasteiger partial charge in [0.05, 0.1) is 19.3 Å². The first-order valence-electron chi connectivity index (χ1n) is 10.9.